The number of aromatic nitrogens is 1. The molecule has 1 amide bonds. The van der Waals surface area contributed by atoms with Gasteiger partial charge in [-0.15, -0.1) is 0 Å². The number of benzene rings is 1. The number of carbonyl (C=O) groups excluding carboxylic acids is 1. The average molecular weight is 404 g/mol. The predicted molar refractivity (Wildman–Crippen MR) is 105 cm³/mol. The molecule has 0 aliphatic carbocycles. The number of halogens is 1. The number of hydrogen-bond acceptors (Lipinski definition) is 3. The van der Waals surface area contributed by atoms with Crippen molar-refractivity contribution in [1.29, 1.82) is 0 Å². The molecule has 0 atom stereocenters. The molecule has 0 bridgehead atoms. The summed E-state index contributed by atoms with van der Waals surface area (Å²) in [5, 5.41) is 5.90. The smallest absolute Gasteiger partial charge is 0.226 e. The van der Waals surface area contributed by atoms with E-state index in [4.69, 9.17) is 5.73 Å². The number of guanidine groups is 1. The minimum Gasteiger partial charge on any atom is -0.370 e. The van der Waals surface area contributed by atoms with E-state index in [1.165, 1.54) is 0 Å². The predicted octanol–water partition coefficient (Wildman–Crippen LogP) is 2.63. The summed E-state index contributed by atoms with van der Waals surface area (Å²) in [4.78, 5) is 20.4. The molecule has 7 heteroatoms. The summed E-state index contributed by atoms with van der Waals surface area (Å²) in [6.45, 7) is 2.93. The highest BCUT2D eigenvalue weighted by molar-refractivity contribution is 9.10. The van der Waals surface area contributed by atoms with Crippen LogP contribution in [0.1, 0.15) is 17.7 Å². The van der Waals surface area contributed by atoms with Crippen LogP contribution in [0.4, 0.5) is 5.69 Å². The molecule has 0 unspecified atom stereocenters. The highest BCUT2D eigenvalue weighted by Gasteiger charge is 2.05. The van der Waals surface area contributed by atoms with E-state index in [-0.39, 0.29) is 12.3 Å². The molecule has 6 nitrogen and oxygen atoms in total. The second-order valence-corrected chi connectivity index (χ2v) is 6.44. The van der Waals surface area contributed by atoms with Gasteiger partial charge in [0.15, 0.2) is 5.96 Å². The van der Waals surface area contributed by atoms with E-state index in [1.54, 1.807) is 6.20 Å². The van der Waals surface area contributed by atoms with Gasteiger partial charge in [-0.1, -0.05) is 28.1 Å². The first-order chi connectivity index (χ1) is 12.0. The van der Waals surface area contributed by atoms with Gasteiger partial charge in [-0.3, -0.25) is 14.8 Å². The molecule has 0 saturated carbocycles. The van der Waals surface area contributed by atoms with Crippen molar-refractivity contribution in [1.82, 2.24) is 10.3 Å². The molecule has 2 rings (SSSR count). The standard InChI is InChI=1S/C18H22BrN5O/c1-13-5-6-14(19)12-16(13)24-17(25)8-11-23-18(20)22-10-7-15-4-2-3-9-21-15/h2-6,9,12H,7-8,10-11H2,1H3,(H,24,25)(H3,20,22,23). The number of aliphatic imine (C=N–C) groups is 1. The summed E-state index contributed by atoms with van der Waals surface area (Å²) in [5.41, 5.74) is 8.60. The van der Waals surface area contributed by atoms with Gasteiger partial charge in [-0.2, -0.15) is 0 Å². The fourth-order valence-corrected chi connectivity index (χ4v) is 2.50. The number of carbonyl (C=O) groups is 1. The summed E-state index contributed by atoms with van der Waals surface area (Å²) in [6.07, 6.45) is 2.80. The fraction of sp³-hybridized carbons (Fsp3) is 0.278. The number of nitrogens with two attached hydrogens (primary N) is 1. The maximum atomic E-state index is 12.0. The van der Waals surface area contributed by atoms with Crippen molar-refractivity contribution in [3.8, 4) is 0 Å². The highest BCUT2D eigenvalue weighted by Crippen LogP contribution is 2.20. The van der Waals surface area contributed by atoms with E-state index in [2.05, 4.69) is 36.5 Å². The molecule has 1 aromatic carbocycles. The molecule has 25 heavy (non-hydrogen) atoms. The van der Waals surface area contributed by atoms with Crippen LogP contribution in [0.5, 0.6) is 0 Å². The Labute approximate surface area is 156 Å². The minimum atomic E-state index is -0.0914. The van der Waals surface area contributed by atoms with Crippen molar-refractivity contribution >= 4 is 33.5 Å². The molecule has 1 heterocycles. The Bertz CT molecular complexity index is 734. The van der Waals surface area contributed by atoms with Crippen molar-refractivity contribution < 1.29 is 4.79 Å². The second-order valence-electron chi connectivity index (χ2n) is 5.52. The van der Waals surface area contributed by atoms with Crippen molar-refractivity contribution in [3.63, 3.8) is 0 Å². The van der Waals surface area contributed by atoms with Crippen molar-refractivity contribution in [2.24, 2.45) is 10.7 Å². The largest absolute Gasteiger partial charge is 0.370 e. The normalized spacial score (nSPS) is 11.2. The third-order valence-corrected chi connectivity index (χ3v) is 4.00. The Kier molecular flexibility index (Phi) is 7.40. The van der Waals surface area contributed by atoms with Crippen LogP contribution in [-0.4, -0.2) is 29.9 Å². The zero-order valence-corrected chi connectivity index (χ0v) is 15.7. The Morgan fingerprint density at radius 3 is 2.92 bits per heavy atom. The van der Waals surface area contributed by atoms with Crippen molar-refractivity contribution in [3.05, 3.63) is 58.3 Å². The molecule has 2 aromatic rings. The molecular weight excluding hydrogens is 382 g/mol. The van der Waals surface area contributed by atoms with E-state index in [9.17, 15) is 4.79 Å². The number of amides is 1. The highest BCUT2D eigenvalue weighted by atomic mass is 79.9. The van der Waals surface area contributed by atoms with Gasteiger partial charge in [0.2, 0.25) is 5.91 Å². The van der Waals surface area contributed by atoms with Gasteiger partial charge < -0.3 is 16.4 Å². The maximum absolute atomic E-state index is 12.0. The molecule has 0 aliphatic rings. The molecule has 132 valence electrons. The van der Waals surface area contributed by atoms with Crippen LogP contribution >= 0.6 is 15.9 Å². The van der Waals surface area contributed by atoms with E-state index < -0.39 is 0 Å². The molecule has 4 N–H and O–H groups in total. The van der Waals surface area contributed by atoms with Gasteiger partial charge in [0, 0.05) is 41.4 Å². The van der Waals surface area contributed by atoms with Crippen molar-refractivity contribution in [2.45, 2.75) is 19.8 Å². The third kappa shape index (κ3) is 6.93. The minimum absolute atomic E-state index is 0.0914. The lowest BCUT2D eigenvalue weighted by molar-refractivity contribution is -0.116. The summed E-state index contributed by atoms with van der Waals surface area (Å²) < 4.78 is 0.924. The summed E-state index contributed by atoms with van der Waals surface area (Å²) in [6, 6.07) is 11.6. The number of nitrogens with one attached hydrogen (secondary N) is 2. The monoisotopic (exact) mass is 403 g/mol. The fourth-order valence-electron chi connectivity index (χ4n) is 2.14. The Morgan fingerprint density at radius 2 is 2.16 bits per heavy atom. The van der Waals surface area contributed by atoms with Crippen LogP contribution in [0.15, 0.2) is 52.1 Å². The van der Waals surface area contributed by atoms with E-state index >= 15 is 0 Å². The van der Waals surface area contributed by atoms with Gasteiger partial charge in [-0.25, -0.2) is 0 Å². The first-order valence-electron chi connectivity index (χ1n) is 8.04. The Hall–Kier alpha value is -2.41. The van der Waals surface area contributed by atoms with Crippen LogP contribution in [0.25, 0.3) is 0 Å². The zero-order chi connectivity index (χ0) is 18.1. The third-order valence-electron chi connectivity index (χ3n) is 3.51. The Balaban J connectivity index is 1.70. The number of hydrogen-bond donors (Lipinski definition) is 3. The van der Waals surface area contributed by atoms with Gasteiger partial charge in [0.1, 0.15) is 0 Å². The zero-order valence-electron chi connectivity index (χ0n) is 14.1. The first kappa shape index (κ1) is 18.9. The first-order valence-corrected chi connectivity index (χ1v) is 8.83. The second kappa shape index (κ2) is 9.78. The van der Waals surface area contributed by atoms with Crippen LogP contribution in [0.2, 0.25) is 0 Å². The van der Waals surface area contributed by atoms with E-state index in [0.717, 1.165) is 27.8 Å². The molecule has 0 fully saturated rings. The molecule has 0 aliphatic heterocycles. The maximum Gasteiger partial charge on any atom is 0.226 e. The molecule has 0 spiro atoms. The number of nitrogens with zero attached hydrogens (tertiary/aromatic N) is 2. The van der Waals surface area contributed by atoms with Gasteiger partial charge in [0.05, 0.1) is 6.54 Å². The lowest BCUT2D eigenvalue weighted by Gasteiger charge is -2.08. The average Bonchev–Trinajstić information content (AvgIpc) is 2.59. The van der Waals surface area contributed by atoms with Crippen LogP contribution in [-0.2, 0) is 11.2 Å². The topological polar surface area (TPSA) is 92.4 Å². The van der Waals surface area contributed by atoms with E-state index in [1.807, 2.05) is 43.3 Å². The number of pyridine rings is 1. The molecule has 1 aromatic heterocycles. The lowest BCUT2D eigenvalue weighted by atomic mass is 10.2. The molecule has 0 radical (unpaired) electrons. The van der Waals surface area contributed by atoms with Crippen LogP contribution < -0.4 is 16.4 Å². The van der Waals surface area contributed by atoms with Crippen LogP contribution in [0, 0.1) is 6.92 Å². The number of rotatable bonds is 7. The molecular formula is C18H22BrN5O. The molecule has 0 saturated heterocycles. The van der Waals surface area contributed by atoms with E-state index in [0.29, 0.717) is 19.0 Å². The van der Waals surface area contributed by atoms with Crippen LogP contribution in [0.3, 0.4) is 0 Å². The van der Waals surface area contributed by atoms with Gasteiger partial charge in [-0.05, 0) is 36.8 Å². The SMILES string of the molecule is Cc1ccc(Br)cc1NC(=O)CCN=C(N)NCCc1ccccn1. The Morgan fingerprint density at radius 1 is 1.32 bits per heavy atom. The summed E-state index contributed by atoms with van der Waals surface area (Å²) >= 11 is 3.40. The quantitative estimate of drug-likeness (QED) is 0.489. The van der Waals surface area contributed by atoms with Gasteiger partial charge in [0.25, 0.3) is 0 Å². The number of aryl methyl sites for hydroxylation is 1. The number of anilines is 1. The van der Waals surface area contributed by atoms with Gasteiger partial charge >= 0.3 is 0 Å². The lowest BCUT2D eigenvalue weighted by Crippen LogP contribution is -2.33. The van der Waals surface area contributed by atoms with Crippen molar-refractivity contribution in [2.75, 3.05) is 18.4 Å². The summed E-state index contributed by atoms with van der Waals surface area (Å²) in [5.74, 6) is 0.244. The summed E-state index contributed by atoms with van der Waals surface area (Å²) in [7, 11) is 0.